The molecule has 0 saturated heterocycles. The van der Waals surface area contributed by atoms with Gasteiger partial charge in [0.1, 0.15) is 0 Å². The van der Waals surface area contributed by atoms with Crippen LogP contribution in [0.4, 0.5) is 0 Å². The summed E-state index contributed by atoms with van der Waals surface area (Å²) in [6, 6.07) is 13.4. The number of pyridine rings is 1. The molecule has 15 heavy (non-hydrogen) atoms. The first-order valence-corrected chi connectivity index (χ1v) is 4.59. The van der Waals surface area contributed by atoms with Crippen molar-refractivity contribution in [2.24, 2.45) is 5.16 Å². The van der Waals surface area contributed by atoms with Crippen molar-refractivity contribution in [2.45, 2.75) is 0 Å². The first-order valence-electron chi connectivity index (χ1n) is 4.59. The van der Waals surface area contributed by atoms with Gasteiger partial charge in [-0.15, -0.1) is 0 Å². The van der Waals surface area contributed by atoms with Gasteiger partial charge in [0, 0.05) is 17.3 Å². The van der Waals surface area contributed by atoms with Crippen molar-refractivity contribution in [2.75, 3.05) is 0 Å². The molecule has 0 aliphatic carbocycles. The van der Waals surface area contributed by atoms with Crippen molar-refractivity contribution in [3.8, 4) is 11.3 Å². The van der Waals surface area contributed by atoms with Crippen LogP contribution in [0.2, 0.25) is 0 Å². The zero-order valence-electron chi connectivity index (χ0n) is 8.04. The predicted octanol–water partition coefficient (Wildman–Crippen LogP) is 2.56. The van der Waals surface area contributed by atoms with Crippen LogP contribution in [0.1, 0.15) is 5.56 Å². The highest BCUT2D eigenvalue weighted by Gasteiger charge is 2.02. The van der Waals surface area contributed by atoms with Crippen LogP contribution in [0, 0.1) is 0 Å². The summed E-state index contributed by atoms with van der Waals surface area (Å²) in [5.74, 6) is 0. The average molecular weight is 198 g/mol. The predicted molar refractivity (Wildman–Crippen MR) is 59.1 cm³/mol. The molecule has 0 bridgehead atoms. The van der Waals surface area contributed by atoms with Gasteiger partial charge in [-0.1, -0.05) is 35.5 Å². The molecule has 0 radical (unpaired) electrons. The van der Waals surface area contributed by atoms with Crippen molar-refractivity contribution in [1.82, 2.24) is 4.98 Å². The summed E-state index contributed by atoms with van der Waals surface area (Å²) in [5, 5.41) is 11.6. The van der Waals surface area contributed by atoms with E-state index in [1.807, 2.05) is 42.5 Å². The lowest BCUT2D eigenvalue weighted by Crippen LogP contribution is -1.89. The van der Waals surface area contributed by atoms with Crippen molar-refractivity contribution >= 4 is 6.21 Å². The zero-order chi connectivity index (χ0) is 10.5. The van der Waals surface area contributed by atoms with Gasteiger partial charge in [-0.25, -0.2) is 0 Å². The third-order valence-electron chi connectivity index (χ3n) is 2.10. The van der Waals surface area contributed by atoms with Gasteiger partial charge < -0.3 is 5.21 Å². The number of oxime groups is 1. The average Bonchev–Trinajstić information content (AvgIpc) is 2.31. The lowest BCUT2D eigenvalue weighted by Gasteiger charge is -2.03. The van der Waals surface area contributed by atoms with E-state index in [0.717, 1.165) is 16.8 Å². The van der Waals surface area contributed by atoms with Crippen LogP contribution in [-0.4, -0.2) is 16.4 Å². The number of hydrogen-bond acceptors (Lipinski definition) is 3. The first kappa shape index (κ1) is 9.40. The quantitative estimate of drug-likeness (QED) is 0.458. The fourth-order valence-corrected chi connectivity index (χ4v) is 1.43. The summed E-state index contributed by atoms with van der Waals surface area (Å²) >= 11 is 0. The van der Waals surface area contributed by atoms with Crippen LogP contribution in [0.25, 0.3) is 11.3 Å². The fourth-order valence-electron chi connectivity index (χ4n) is 1.43. The van der Waals surface area contributed by atoms with E-state index in [9.17, 15) is 0 Å². The van der Waals surface area contributed by atoms with Crippen molar-refractivity contribution in [3.63, 3.8) is 0 Å². The molecule has 1 aromatic carbocycles. The van der Waals surface area contributed by atoms with Gasteiger partial charge in [-0.2, -0.15) is 0 Å². The third-order valence-corrected chi connectivity index (χ3v) is 2.10. The molecule has 0 spiro atoms. The largest absolute Gasteiger partial charge is 0.411 e. The fraction of sp³-hybridized carbons (Fsp3) is 0. The maximum absolute atomic E-state index is 8.54. The van der Waals surface area contributed by atoms with Crippen LogP contribution in [-0.2, 0) is 0 Å². The summed E-state index contributed by atoms with van der Waals surface area (Å²) in [5.41, 5.74) is 2.67. The van der Waals surface area contributed by atoms with Gasteiger partial charge in [-0.3, -0.25) is 4.98 Å². The summed E-state index contributed by atoms with van der Waals surface area (Å²) < 4.78 is 0. The summed E-state index contributed by atoms with van der Waals surface area (Å²) in [4.78, 5) is 4.25. The van der Waals surface area contributed by atoms with Gasteiger partial charge in [0.05, 0.1) is 11.9 Å². The highest BCUT2D eigenvalue weighted by molar-refractivity contribution is 5.89. The summed E-state index contributed by atoms with van der Waals surface area (Å²) in [7, 11) is 0. The monoisotopic (exact) mass is 198 g/mol. The Morgan fingerprint density at radius 1 is 1.07 bits per heavy atom. The minimum absolute atomic E-state index is 0.846. The third kappa shape index (κ3) is 2.02. The molecule has 74 valence electrons. The van der Waals surface area contributed by atoms with Crippen LogP contribution in [0.5, 0.6) is 0 Å². The van der Waals surface area contributed by atoms with Gasteiger partial charge in [0.25, 0.3) is 0 Å². The van der Waals surface area contributed by atoms with E-state index in [1.54, 1.807) is 6.20 Å². The van der Waals surface area contributed by atoms with Crippen molar-refractivity contribution in [1.29, 1.82) is 0 Å². The maximum Gasteiger partial charge on any atom is 0.0740 e. The molecular weight excluding hydrogens is 188 g/mol. The van der Waals surface area contributed by atoms with E-state index in [4.69, 9.17) is 5.21 Å². The second-order valence-electron chi connectivity index (χ2n) is 3.05. The van der Waals surface area contributed by atoms with Crippen LogP contribution in [0.3, 0.4) is 0 Å². The Morgan fingerprint density at radius 3 is 2.60 bits per heavy atom. The number of nitrogens with zero attached hydrogens (tertiary/aromatic N) is 2. The van der Waals surface area contributed by atoms with Crippen molar-refractivity contribution in [3.05, 3.63) is 54.2 Å². The Balaban J connectivity index is 2.53. The van der Waals surface area contributed by atoms with E-state index in [2.05, 4.69) is 10.1 Å². The molecule has 0 amide bonds. The standard InChI is InChI=1S/C12H10N2O/c15-14-9-10-5-1-2-6-11(10)12-7-3-4-8-13-12/h1-9,15H. The molecule has 3 nitrogen and oxygen atoms in total. The topological polar surface area (TPSA) is 45.5 Å². The number of benzene rings is 1. The smallest absolute Gasteiger partial charge is 0.0740 e. The van der Waals surface area contributed by atoms with Gasteiger partial charge >= 0.3 is 0 Å². The van der Waals surface area contributed by atoms with E-state index in [1.165, 1.54) is 6.21 Å². The zero-order valence-corrected chi connectivity index (χ0v) is 8.04. The molecule has 0 aliphatic rings. The number of aromatic nitrogens is 1. The highest BCUT2D eigenvalue weighted by Crippen LogP contribution is 2.19. The molecule has 3 heteroatoms. The van der Waals surface area contributed by atoms with Gasteiger partial charge in [0.2, 0.25) is 0 Å². The second kappa shape index (κ2) is 4.37. The normalized spacial score (nSPS) is 10.7. The van der Waals surface area contributed by atoms with E-state index in [-0.39, 0.29) is 0 Å². The molecule has 0 saturated carbocycles. The highest BCUT2D eigenvalue weighted by atomic mass is 16.4. The van der Waals surface area contributed by atoms with Crippen LogP contribution in [0.15, 0.2) is 53.8 Å². The Kier molecular flexibility index (Phi) is 2.74. The molecule has 2 rings (SSSR count). The number of hydrogen-bond donors (Lipinski definition) is 1. The van der Waals surface area contributed by atoms with E-state index < -0.39 is 0 Å². The minimum Gasteiger partial charge on any atom is -0.411 e. The molecule has 0 atom stereocenters. The molecule has 1 aromatic heterocycles. The molecular formula is C12H10N2O. The Bertz CT molecular complexity index is 466. The maximum atomic E-state index is 8.54. The first-order chi connectivity index (χ1) is 7.42. The summed E-state index contributed by atoms with van der Waals surface area (Å²) in [6.45, 7) is 0. The van der Waals surface area contributed by atoms with Crippen LogP contribution < -0.4 is 0 Å². The van der Waals surface area contributed by atoms with Crippen molar-refractivity contribution < 1.29 is 5.21 Å². The molecule has 1 heterocycles. The molecule has 0 fully saturated rings. The summed E-state index contributed by atoms with van der Waals surface area (Å²) in [6.07, 6.45) is 3.15. The lowest BCUT2D eigenvalue weighted by atomic mass is 10.1. The van der Waals surface area contributed by atoms with Gasteiger partial charge in [-0.05, 0) is 12.1 Å². The van der Waals surface area contributed by atoms with E-state index >= 15 is 0 Å². The molecule has 0 unspecified atom stereocenters. The minimum atomic E-state index is 0.846. The van der Waals surface area contributed by atoms with Crippen LogP contribution >= 0.6 is 0 Å². The lowest BCUT2D eigenvalue weighted by molar-refractivity contribution is 0.322. The molecule has 0 aliphatic heterocycles. The Hall–Kier alpha value is -2.16. The van der Waals surface area contributed by atoms with Gasteiger partial charge in [0.15, 0.2) is 0 Å². The number of rotatable bonds is 2. The molecule has 2 aromatic rings. The Morgan fingerprint density at radius 2 is 1.87 bits per heavy atom. The second-order valence-corrected chi connectivity index (χ2v) is 3.05. The Labute approximate surface area is 87.7 Å². The van der Waals surface area contributed by atoms with E-state index in [0.29, 0.717) is 0 Å². The SMILES string of the molecule is ON=Cc1ccccc1-c1ccccn1. The molecule has 1 N–H and O–H groups in total.